The van der Waals surface area contributed by atoms with Crippen LogP contribution in [0.5, 0.6) is 5.75 Å². The van der Waals surface area contributed by atoms with Crippen molar-refractivity contribution in [3.8, 4) is 5.75 Å². The minimum atomic E-state index is -0.944. The van der Waals surface area contributed by atoms with Crippen molar-refractivity contribution in [2.45, 2.75) is 13.0 Å². The molecule has 0 saturated heterocycles. The van der Waals surface area contributed by atoms with Crippen LogP contribution in [-0.2, 0) is 4.79 Å². The number of hydrogen-bond acceptors (Lipinski definition) is 6. The van der Waals surface area contributed by atoms with E-state index in [0.29, 0.717) is 33.1 Å². The summed E-state index contributed by atoms with van der Waals surface area (Å²) in [5, 5.41) is 11.9. The number of ether oxygens (including phenoxy) is 1. The number of fused-ring (bicyclic) bond motifs is 1. The second-order valence-electron chi connectivity index (χ2n) is 7.85. The van der Waals surface area contributed by atoms with Crippen molar-refractivity contribution in [1.29, 1.82) is 0 Å². The number of para-hydroxylation sites is 1. The van der Waals surface area contributed by atoms with Crippen LogP contribution < -0.4 is 9.64 Å². The molecule has 170 valence electrons. The van der Waals surface area contributed by atoms with E-state index in [-0.39, 0.29) is 11.3 Å². The topological polar surface area (TPSA) is 92.9 Å². The lowest BCUT2D eigenvalue weighted by Gasteiger charge is -2.27. The van der Waals surface area contributed by atoms with Gasteiger partial charge in [0.2, 0.25) is 5.78 Å². The van der Waals surface area contributed by atoms with E-state index in [1.165, 1.54) is 18.1 Å². The van der Waals surface area contributed by atoms with E-state index in [2.05, 4.69) is 4.98 Å². The standard InChI is InChI=1S/C26H19ClN2O5/c1-14-7-3-4-9-18(14)29-22(17-8-5-6-10-28-17)21(24(31)26(29)32)23(30)19-12-15-11-16(27)13-20(33-2)25(15)34-19/h3-13,22,31H,1-2H3. The summed E-state index contributed by atoms with van der Waals surface area (Å²) < 4.78 is 11.1. The van der Waals surface area contributed by atoms with Crippen LogP contribution in [0, 0.1) is 6.92 Å². The molecule has 0 saturated carbocycles. The zero-order valence-electron chi connectivity index (χ0n) is 18.3. The maximum absolute atomic E-state index is 13.7. The maximum Gasteiger partial charge on any atom is 0.294 e. The number of aliphatic hydroxyl groups excluding tert-OH is 1. The molecule has 0 spiro atoms. The van der Waals surface area contributed by atoms with Gasteiger partial charge in [0.25, 0.3) is 5.91 Å². The van der Waals surface area contributed by atoms with Gasteiger partial charge in [-0.15, -0.1) is 0 Å². The lowest BCUT2D eigenvalue weighted by Crippen LogP contribution is -2.32. The maximum atomic E-state index is 13.7. The number of benzene rings is 2. The van der Waals surface area contributed by atoms with Crippen molar-refractivity contribution < 1.29 is 23.8 Å². The van der Waals surface area contributed by atoms with Gasteiger partial charge in [-0.3, -0.25) is 19.5 Å². The summed E-state index contributed by atoms with van der Waals surface area (Å²) >= 11 is 6.15. The Labute approximate surface area is 199 Å². The van der Waals surface area contributed by atoms with Gasteiger partial charge in [0, 0.05) is 28.4 Å². The van der Waals surface area contributed by atoms with Crippen molar-refractivity contribution in [3.05, 3.63) is 100 Å². The highest BCUT2D eigenvalue weighted by Gasteiger charge is 2.46. The number of pyridine rings is 1. The molecule has 4 aromatic rings. The molecule has 34 heavy (non-hydrogen) atoms. The number of carbonyl (C=O) groups excluding carboxylic acids is 2. The lowest BCUT2D eigenvalue weighted by atomic mass is 9.97. The molecule has 0 bridgehead atoms. The van der Waals surface area contributed by atoms with Crippen LogP contribution >= 0.6 is 11.6 Å². The van der Waals surface area contributed by atoms with Crippen LogP contribution in [0.3, 0.4) is 0 Å². The number of furan rings is 1. The van der Waals surface area contributed by atoms with Crippen LogP contribution in [0.2, 0.25) is 5.02 Å². The first kappa shape index (κ1) is 21.7. The van der Waals surface area contributed by atoms with Gasteiger partial charge < -0.3 is 14.3 Å². The van der Waals surface area contributed by atoms with Crippen LogP contribution in [0.25, 0.3) is 11.0 Å². The SMILES string of the molecule is COc1cc(Cl)cc2cc(C(=O)C3=C(O)C(=O)N(c4ccccc4C)C3c3ccccn3)oc12. The first-order chi connectivity index (χ1) is 16.4. The quantitative estimate of drug-likeness (QED) is 0.379. The molecule has 1 aliphatic rings. The third-order valence-electron chi connectivity index (χ3n) is 5.79. The fourth-order valence-corrected chi connectivity index (χ4v) is 4.44. The van der Waals surface area contributed by atoms with Crippen LogP contribution in [0.1, 0.15) is 27.9 Å². The zero-order valence-corrected chi connectivity index (χ0v) is 19.0. The summed E-state index contributed by atoms with van der Waals surface area (Å²) in [6.45, 7) is 1.85. The molecule has 3 heterocycles. The van der Waals surface area contributed by atoms with Crippen LogP contribution in [0.15, 0.2) is 82.6 Å². The van der Waals surface area contributed by atoms with E-state index < -0.39 is 23.5 Å². The average molecular weight is 475 g/mol. The lowest BCUT2D eigenvalue weighted by molar-refractivity contribution is -0.117. The number of halogens is 1. The first-order valence-corrected chi connectivity index (χ1v) is 10.8. The van der Waals surface area contributed by atoms with Gasteiger partial charge in [-0.1, -0.05) is 35.9 Å². The monoisotopic (exact) mass is 474 g/mol. The highest BCUT2D eigenvalue weighted by atomic mass is 35.5. The van der Waals surface area contributed by atoms with Crippen molar-refractivity contribution in [2.75, 3.05) is 12.0 Å². The molecule has 2 aromatic heterocycles. The summed E-state index contributed by atoms with van der Waals surface area (Å²) in [6, 6.07) is 16.2. The predicted octanol–water partition coefficient (Wildman–Crippen LogP) is 5.58. The van der Waals surface area contributed by atoms with Crippen LogP contribution in [-0.4, -0.2) is 28.9 Å². The molecular formula is C26H19ClN2O5. The number of anilines is 1. The highest BCUT2D eigenvalue weighted by molar-refractivity contribution is 6.31. The van der Waals surface area contributed by atoms with E-state index in [0.717, 1.165) is 5.56 Å². The summed E-state index contributed by atoms with van der Waals surface area (Å²) in [7, 11) is 1.47. The van der Waals surface area contributed by atoms with Crippen molar-refractivity contribution >= 4 is 39.9 Å². The van der Waals surface area contributed by atoms with Gasteiger partial charge in [-0.25, -0.2) is 0 Å². The van der Waals surface area contributed by atoms with Crippen molar-refractivity contribution in [2.24, 2.45) is 0 Å². The molecule has 0 fully saturated rings. The number of hydrogen-bond donors (Lipinski definition) is 1. The summed E-state index contributed by atoms with van der Waals surface area (Å²) in [5.41, 5.74) is 2.03. The number of ketones is 1. The van der Waals surface area contributed by atoms with Gasteiger partial charge in [0.1, 0.15) is 6.04 Å². The minimum absolute atomic E-state index is 0.0579. The number of Topliss-reactive ketones (excluding diaryl/α,β-unsaturated/α-hetero) is 1. The number of aliphatic hydroxyl groups is 1. The molecule has 0 radical (unpaired) electrons. The molecule has 2 aromatic carbocycles. The number of carbonyl (C=O) groups is 2. The predicted molar refractivity (Wildman–Crippen MR) is 127 cm³/mol. The number of amides is 1. The average Bonchev–Trinajstić information content (AvgIpc) is 3.38. The molecule has 5 rings (SSSR count). The Kier molecular flexibility index (Phi) is 5.34. The second kappa shape index (κ2) is 8.35. The first-order valence-electron chi connectivity index (χ1n) is 10.5. The van der Waals surface area contributed by atoms with Crippen LogP contribution in [0.4, 0.5) is 5.69 Å². The molecule has 7 nitrogen and oxygen atoms in total. The Morgan fingerprint density at radius 1 is 1.15 bits per heavy atom. The molecule has 1 unspecified atom stereocenters. The number of methoxy groups -OCH3 is 1. The number of aromatic nitrogens is 1. The second-order valence-corrected chi connectivity index (χ2v) is 8.28. The fourth-order valence-electron chi connectivity index (χ4n) is 4.22. The van der Waals surface area contributed by atoms with E-state index in [9.17, 15) is 14.7 Å². The minimum Gasteiger partial charge on any atom is -0.503 e. The Morgan fingerprint density at radius 2 is 1.91 bits per heavy atom. The van der Waals surface area contributed by atoms with Crippen molar-refractivity contribution in [1.82, 2.24) is 4.98 Å². The Morgan fingerprint density at radius 3 is 2.62 bits per heavy atom. The van der Waals surface area contributed by atoms with E-state index in [4.69, 9.17) is 20.8 Å². The molecule has 1 N–H and O–H groups in total. The van der Waals surface area contributed by atoms with Gasteiger partial charge >= 0.3 is 0 Å². The summed E-state index contributed by atoms with van der Waals surface area (Å²) in [6.07, 6.45) is 1.57. The summed E-state index contributed by atoms with van der Waals surface area (Å²) in [5.74, 6) is -1.66. The molecule has 0 aliphatic carbocycles. The Bertz CT molecular complexity index is 1480. The fraction of sp³-hybridized carbons (Fsp3) is 0.115. The number of nitrogens with zero attached hydrogens (tertiary/aromatic N) is 2. The van der Waals surface area contributed by atoms with Gasteiger partial charge in [0.05, 0.1) is 18.4 Å². The third-order valence-corrected chi connectivity index (χ3v) is 6.00. The van der Waals surface area contributed by atoms with E-state index in [1.807, 2.05) is 19.1 Å². The smallest absolute Gasteiger partial charge is 0.294 e. The molecule has 1 aliphatic heterocycles. The number of aryl methyl sites for hydroxylation is 1. The van der Waals surface area contributed by atoms with Crippen molar-refractivity contribution in [3.63, 3.8) is 0 Å². The summed E-state index contributed by atoms with van der Waals surface area (Å²) in [4.78, 5) is 32.8. The Balaban J connectivity index is 1.68. The largest absolute Gasteiger partial charge is 0.503 e. The zero-order chi connectivity index (χ0) is 24.0. The molecular weight excluding hydrogens is 456 g/mol. The van der Waals surface area contributed by atoms with E-state index >= 15 is 0 Å². The van der Waals surface area contributed by atoms with Gasteiger partial charge in [-0.05, 0) is 42.8 Å². The normalized spacial score (nSPS) is 15.9. The molecule has 8 heteroatoms. The number of rotatable bonds is 5. The van der Waals surface area contributed by atoms with E-state index in [1.54, 1.807) is 48.7 Å². The van der Waals surface area contributed by atoms with Gasteiger partial charge in [0.15, 0.2) is 22.9 Å². The third kappa shape index (κ3) is 3.41. The van der Waals surface area contributed by atoms with Gasteiger partial charge in [-0.2, -0.15) is 0 Å². The molecule has 1 atom stereocenters. The highest BCUT2D eigenvalue weighted by Crippen LogP contribution is 2.43. The Hall–Kier alpha value is -4.10. The molecule has 1 amide bonds.